The lowest BCUT2D eigenvalue weighted by molar-refractivity contribution is -0.153. The summed E-state index contributed by atoms with van der Waals surface area (Å²) in [5.41, 5.74) is 6.32. The van der Waals surface area contributed by atoms with Gasteiger partial charge in [0, 0.05) is 36.1 Å². The fraction of sp³-hybridized carbons (Fsp3) is 0.400. The number of nitrogens with zero attached hydrogens (tertiary/aromatic N) is 2. The van der Waals surface area contributed by atoms with Crippen LogP contribution in [0.4, 0.5) is 0 Å². The minimum atomic E-state index is -0.595. The van der Waals surface area contributed by atoms with E-state index in [4.69, 9.17) is 15.2 Å². The fourth-order valence-electron chi connectivity index (χ4n) is 3.48. The first-order chi connectivity index (χ1) is 13.9. The third kappa shape index (κ3) is 4.56. The molecule has 1 aromatic heterocycles. The Morgan fingerprint density at radius 2 is 1.83 bits per heavy atom. The Balaban J connectivity index is 1.58. The van der Waals surface area contributed by atoms with Gasteiger partial charge in [0.2, 0.25) is 5.91 Å². The van der Waals surface area contributed by atoms with Crippen LogP contribution in [0, 0.1) is 5.92 Å². The summed E-state index contributed by atoms with van der Waals surface area (Å²) in [4.78, 5) is 49.2. The van der Waals surface area contributed by atoms with Crippen LogP contribution in [0.2, 0.25) is 0 Å². The van der Waals surface area contributed by atoms with Crippen molar-refractivity contribution in [1.82, 2.24) is 9.47 Å². The molecule has 1 saturated heterocycles. The smallest absolute Gasteiger partial charge is 0.340 e. The molecule has 0 atom stereocenters. The number of ether oxygens (including phenoxy) is 2. The van der Waals surface area contributed by atoms with Crippen molar-refractivity contribution in [2.24, 2.45) is 11.7 Å². The Morgan fingerprint density at radius 1 is 1.14 bits per heavy atom. The third-order valence-corrected chi connectivity index (χ3v) is 5.10. The highest BCUT2D eigenvalue weighted by molar-refractivity contribution is 6.04. The third-order valence-electron chi connectivity index (χ3n) is 5.10. The summed E-state index contributed by atoms with van der Waals surface area (Å²) in [6, 6.07) is 7.13. The summed E-state index contributed by atoms with van der Waals surface area (Å²) in [6.07, 6.45) is 2.57. The number of carbonyl (C=O) groups excluding carboxylic acids is 4. The van der Waals surface area contributed by atoms with Gasteiger partial charge in [0.05, 0.1) is 12.7 Å². The average Bonchev–Trinajstić information content (AvgIpc) is 3.10. The molecule has 9 heteroatoms. The summed E-state index contributed by atoms with van der Waals surface area (Å²) in [6.45, 7) is 0.307. The second-order valence-corrected chi connectivity index (χ2v) is 6.90. The molecule has 0 radical (unpaired) electrons. The first-order valence-corrected chi connectivity index (χ1v) is 9.29. The van der Waals surface area contributed by atoms with Crippen LogP contribution >= 0.6 is 0 Å². The van der Waals surface area contributed by atoms with Gasteiger partial charge >= 0.3 is 11.9 Å². The number of benzene rings is 1. The number of hydrogen-bond acceptors (Lipinski definition) is 6. The molecular formula is C20H23N3O6. The number of nitrogens with two attached hydrogens (primary N) is 1. The van der Waals surface area contributed by atoms with Crippen LogP contribution in [0.3, 0.4) is 0 Å². The predicted molar refractivity (Wildman–Crippen MR) is 103 cm³/mol. The topological polar surface area (TPSA) is 121 Å². The van der Waals surface area contributed by atoms with Crippen LogP contribution in [0.25, 0.3) is 10.9 Å². The van der Waals surface area contributed by atoms with Crippen LogP contribution in [0.15, 0.2) is 30.5 Å². The number of rotatable bonds is 6. The van der Waals surface area contributed by atoms with Gasteiger partial charge < -0.3 is 24.7 Å². The van der Waals surface area contributed by atoms with Crippen molar-refractivity contribution < 1.29 is 28.7 Å². The van der Waals surface area contributed by atoms with E-state index < -0.39 is 11.9 Å². The molecule has 154 valence electrons. The van der Waals surface area contributed by atoms with Gasteiger partial charge in [-0.15, -0.1) is 0 Å². The largest absolute Gasteiger partial charge is 0.465 e. The van der Waals surface area contributed by atoms with Crippen LogP contribution in [-0.4, -0.2) is 60.0 Å². The van der Waals surface area contributed by atoms with Crippen LogP contribution in [-0.2, 0) is 30.4 Å². The first kappa shape index (κ1) is 20.4. The maximum atomic E-state index is 12.2. The van der Waals surface area contributed by atoms with Crippen molar-refractivity contribution in [3.8, 4) is 0 Å². The first-order valence-electron chi connectivity index (χ1n) is 9.29. The van der Waals surface area contributed by atoms with Crippen molar-refractivity contribution in [3.63, 3.8) is 0 Å². The molecule has 29 heavy (non-hydrogen) atoms. The Bertz CT molecular complexity index is 943. The number of para-hydroxylation sites is 1. The quantitative estimate of drug-likeness (QED) is 0.711. The fourth-order valence-corrected chi connectivity index (χ4v) is 3.48. The monoisotopic (exact) mass is 401 g/mol. The van der Waals surface area contributed by atoms with Crippen molar-refractivity contribution in [1.29, 1.82) is 0 Å². The maximum absolute atomic E-state index is 12.2. The van der Waals surface area contributed by atoms with Gasteiger partial charge in [-0.25, -0.2) is 4.79 Å². The molecule has 2 N–H and O–H groups in total. The number of primary amides is 1. The standard InChI is InChI=1S/C20H23N3O6/c1-28-20(27)15-10-23(16-5-3-2-4-14(15)16)11-18(25)29-12-17(24)22-8-6-13(7-9-22)19(21)26/h2-5,10,13H,6-9,11-12H2,1H3,(H2,21,26). The zero-order chi connectivity index (χ0) is 21.0. The highest BCUT2D eigenvalue weighted by atomic mass is 16.5. The molecular weight excluding hydrogens is 378 g/mol. The summed E-state index contributed by atoms with van der Waals surface area (Å²) < 4.78 is 11.5. The lowest BCUT2D eigenvalue weighted by atomic mass is 9.96. The van der Waals surface area contributed by atoms with E-state index in [0.717, 1.165) is 0 Å². The Kier molecular flexibility index (Phi) is 6.16. The normalized spacial score (nSPS) is 14.6. The molecule has 1 aliphatic heterocycles. The lowest BCUT2D eigenvalue weighted by Crippen LogP contribution is -2.43. The van der Waals surface area contributed by atoms with E-state index in [9.17, 15) is 19.2 Å². The molecule has 1 aromatic carbocycles. The van der Waals surface area contributed by atoms with Gasteiger partial charge in [-0.3, -0.25) is 14.4 Å². The summed E-state index contributed by atoms with van der Waals surface area (Å²) in [5.74, 6) is -1.97. The van der Waals surface area contributed by atoms with E-state index in [0.29, 0.717) is 42.4 Å². The number of amides is 2. The maximum Gasteiger partial charge on any atom is 0.340 e. The summed E-state index contributed by atoms with van der Waals surface area (Å²) in [7, 11) is 1.29. The summed E-state index contributed by atoms with van der Waals surface area (Å²) >= 11 is 0. The molecule has 2 heterocycles. The van der Waals surface area contributed by atoms with E-state index in [2.05, 4.69) is 0 Å². The number of fused-ring (bicyclic) bond motifs is 1. The van der Waals surface area contributed by atoms with Gasteiger partial charge in [-0.05, 0) is 18.9 Å². The van der Waals surface area contributed by atoms with E-state index in [1.54, 1.807) is 33.7 Å². The molecule has 1 fully saturated rings. The molecule has 1 aliphatic rings. The highest BCUT2D eigenvalue weighted by Gasteiger charge is 2.26. The zero-order valence-electron chi connectivity index (χ0n) is 16.1. The minimum Gasteiger partial charge on any atom is -0.465 e. The van der Waals surface area contributed by atoms with Gasteiger partial charge in [0.15, 0.2) is 6.61 Å². The van der Waals surface area contributed by atoms with Crippen molar-refractivity contribution >= 4 is 34.7 Å². The molecule has 3 rings (SSSR count). The van der Waals surface area contributed by atoms with Crippen molar-refractivity contribution in [2.45, 2.75) is 19.4 Å². The van der Waals surface area contributed by atoms with Gasteiger partial charge in [-0.1, -0.05) is 18.2 Å². The molecule has 0 saturated carbocycles. The van der Waals surface area contributed by atoms with Crippen LogP contribution in [0.5, 0.6) is 0 Å². The van der Waals surface area contributed by atoms with E-state index in [1.165, 1.54) is 13.3 Å². The molecule has 9 nitrogen and oxygen atoms in total. The molecule has 0 bridgehead atoms. The minimum absolute atomic E-state index is 0.144. The number of likely N-dealkylation sites (tertiary alicyclic amines) is 1. The Hall–Kier alpha value is -3.36. The zero-order valence-corrected chi connectivity index (χ0v) is 16.1. The molecule has 0 aliphatic carbocycles. The van der Waals surface area contributed by atoms with Crippen molar-refractivity contribution in [2.75, 3.05) is 26.8 Å². The average molecular weight is 401 g/mol. The van der Waals surface area contributed by atoms with Gasteiger partial charge in [0.1, 0.15) is 6.54 Å². The lowest BCUT2D eigenvalue weighted by Gasteiger charge is -2.30. The number of piperidine rings is 1. The summed E-state index contributed by atoms with van der Waals surface area (Å²) in [5, 5.41) is 0.667. The van der Waals surface area contributed by atoms with E-state index in [1.807, 2.05) is 0 Å². The van der Waals surface area contributed by atoms with Crippen LogP contribution in [0.1, 0.15) is 23.2 Å². The predicted octanol–water partition coefficient (Wildman–Crippen LogP) is 0.695. The van der Waals surface area contributed by atoms with E-state index in [-0.39, 0.29) is 30.9 Å². The van der Waals surface area contributed by atoms with Crippen LogP contribution < -0.4 is 5.73 Å². The number of aromatic nitrogens is 1. The molecule has 0 spiro atoms. The SMILES string of the molecule is COC(=O)c1cn(CC(=O)OCC(=O)N2CCC(C(N)=O)CC2)c2ccccc12. The number of carbonyl (C=O) groups is 4. The van der Waals surface area contributed by atoms with Crippen molar-refractivity contribution in [3.05, 3.63) is 36.0 Å². The Morgan fingerprint density at radius 3 is 2.48 bits per heavy atom. The number of hydrogen-bond donors (Lipinski definition) is 1. The van der Waals surface area contributed by atoms with Gasteiger partial charge in [-0.2, -0.15) is 0 Å². The highest BCUT2D eigenvalue weighted by Crippen LogP contribution is 2.22. The van der Waals surface area contributed by atoms with Gasteiger partial charge in [0.25, 0.3) is 5.91 Å². The number of esters is 2. The second-order valence-electron chi connectivity index (χ2n) is 6.90. The molecule has 0 unspecified atom stereocenters. The number of methoxy groups -OCH3 is 1. The second kappa shape index (κ2) is 8.76. The Labute approximate surface area is 167 Å². The molecule has 2 aromatic rings. The van der Waals surface area contributed by atoms with E-state index >= 15 is 0 Å². The molecule has 2 amide bonds.